The Morgan fingerprint density at radius 3 is 2.41 bits per heavy atom. The first kappa shape index (κ1) is 20.5. The van der Waals surface area contributed by atoms with Gasteiger partial charge in [0, 0.05) is 0 Å². The molecule has 3 rings (SSSR count). The molecule has 154 valence electrons. The molecule has 1 saturated carbocycles. The minimum absolute atomic E-state index is 0.119. The van der Waals surface area contributed by atoms with Crippen molar-refractivity contribution < 1.29 is 41.0 Å². The van der Waals surface area contributed by atoms with Crippen molar-refractivity contribution in [1.82, 2.24) is 0 Å². The van der Waals surface area contributed by atoms with Crippen LogP contribution < -0.4 is 0 Å². The lowest BCUT2D eigenvalue weighted by atomic mass is 9.91. The first-order valence-electron chi connectivity index (χ1n) is 8.96. The molecule has 0 aromatic heterocycles. The van der Waals surface area contributed by atoms with E-state index in [0.29, 0.717) is 6.42 Å². The summed E-state index contributed by atoms with van der Waals surface area (Å²) >= 11 is 0. The molecule has 3 aliphatic rings. The Bertz CT molecular complexity index is 632. The van der Waals surface area contributed by atoms with Gasteiger partial charge in [-0.2, -0.15) is 22.0 Å². The normalized spacial score (nSPS) is 40.1. The Hall–Kier alpha value is -1.22. The van der Waals surface area contributed by atoms with Crippen LogP contribution in [-0.2, 0) is 19.0 Å². The van der Waals surface area contributed by atoms with Crippen LogP contribution in [0.3, 0.4) is 0 Å². The molecule has 1 heterocycles. The molecule has 0 spiro atoms. The second-order valence-electron chi connectivity index (χ2n) is 8.22. The van der Waals surface area contributed by atoms with Gasteiger partial charge in [-0.05, 0) is 37.5 Å². The Morgan fingerprint density at radius 2 is 1.93 bits per heavy atom. The van der Waals surface area contributed by atoms with Gasteiger partial charge in [-0.15, -0.1) is 0 Å². The molecule has 0 aromatic rings. The van der Waals surface area contributed by atoms with E-state index >= 15 is 8.78 Å². The van der Waals surface area contributed by atoms with Gasteiger partial charge < -0.3 is 14.2 Å². The summed E-state index contributed by atoms with van der Waals surface area (Å²) in [7, 11) is 0. The summed E-state index contributed by atoms with van der Waals surface area (Å²) in [6.07, 6.45) is -0.537. The van der Waals surface area contributed by atoms with Crippen LogP contribution in [0.5, 0.6) is 0 Å². The third-order valence-electron chi connectivity index (χ3n) is 5.53. The molecule has 0 N–H and O–H groups in total. The number of fused-ring (bicyclic) bond motifs is 2. The Kier molecular flexibility index (Phi) is 4.86. The average molecular weight is 398 g/mol. The average Bonchev–Trinajstić information content (AvgIpc) is 3.20. The van der Waals surface area contributed by atoms with E-state index in [1.807, 2.05) is 12.2 Å². The van der Waals surface area contributed by atoms with E-state index in [9.17, 15) is 18.0 Å². The number of carbonyl (C=O) groups is 1. The van der Waals surface area contributed by atoms with Gasteiger partial charge in [-0.25, -0.2) is 0 Å². The quantitative estimate of drug-likeness (QED) is 0.397. The van der Waals surface area contributed by atoms with E-state index in [2.05, 4.69) is 9.47 Å². The molecule has 27 heavy (non-hydrogen) atoms. The van der Waals surface area contributed by atoms with Crippen molar-refractivity contribution >= 4 is 5.97 Å². The molecular weight excluding hydrogens is 375 g/mol. The molecule has 5 unspecified atom stereocenters. The lowest BCUT2D eigenvalue weighted by Gasteiger charge is -2.39. The predicted octanol–water partition coefficient (Wildman–Crippen LogP) is 4.10. The fourth-order valence-corrected chi connectivity index (χ4v) is 3.97. The first-order chi connectivity index (χ1) is 12.3. The molecule has 0 aromatic carbocycles. The molecule has 1 saturated heterocycles. The fourth-order valence-electron chi connectivity index (χ4n) is 3.97. The van der Waals surface area contributed by atoms with Crippen LogP contribution in [0.15, 0.2) is 12.2 Å². The number of esters is 1. The highest BCUT2D eigenvalue weighted by molar-refractivity contribution is 5.74. The standard InChI is InChI=1S/C18H23F5O4/c1-10(2)8-25-17(18(21,22)23)16(19,20)15(3,9-26-17)27-14(24)13-7-11-4-5-12(13)6-11/h4-5,10-13H,6-9H2,1-3H3. The van der Waals surface area contributed by atoms with Crippen molar-refractivity contribution in [3.05, 3.63) is 12.2 Å². The topological polar surface area (TPSA) is 44.8 Å². The van der Waals surface area contributed by atoms with Gasteiger partial charge >= 0.3 is 23.9 Å². The van der Waals surface area contributed by atoms with Crippen molar-refractivity contribution in [2.24, 2.45) is 23.7 Å². The summed E-state index contributed by atoms with van der Waals surface area (Å²) in [6.45, 7) is 2.12. The van der Waals surface area contributed by atoms with Crippen molar-refractivity contribution in [3.63, 3.8) is 0 Å². The fraction of sp³-hybridized carbons (Fsp3) is 0.833. The van der Waals surface area contributed by atoms with Gasteiger partial charge in [-0.1, -0.05) is 26.0 Å². The molecule has 0 radical (unpaired) electrons. The predicted molar refractivity (Wildman–Crippen MR) is 83.8 cm³/mol. The zero-order valence-corrected chi connectivity index (χ0v) is 15.3. The second-order valence-corrected chi connectivity index (χ2v) is 8.22. The lowest BCUT2D eigenvalue weighted by molar-refractivity contribution is -0.424. The van der Waals surface area contributed by atoms with Gasteiger partial charge in [0.15, 0.2) is 0 Å². The zero-order chi connectivity index (χ0) is 20.3. The number of carbonyl (C=O) groups excluding carboxylic acids is 1. The van der Waals surface area contributed by atoms with Crippen LogP contribution in [0.1, 0.15) is 33.6 Å². The summed E-state index contributed by atoms with van der Waals surface area (Å²) in [5.41, 5.74) is -2.78. The highest BCUT2D eigenvalue weighted by atomic mass is 19.4. The summed E-state index contributed by atoms with van der Waals surface area (Å²) in [5, 5.41) is 0. The zero-order valence-electron chi connectivity index (χ0n) is 15.3. The van der Waals surface area contributed by atoms with Gasteiger partial charge in [-0.3, -0.25) is 4.79 Å². The summed E-state index contributed by atoms with van der Waals surface area (Å²) in [4.78, 5) is 12.4. The van der Waals surface area contributed by atoms with Crippen molar-refractivity contribution in [2.45, 2.75) is 57.1 Å². The number of hydrogen-bond acceptors (Lipinski definition) is 4. The number of rotatable bonds is 5. The first-order valence-corrected chi connectivity index (χ1v) is 8.96. The SMILES string of the molecule is CC(C)COC1(C(F)(F)F)OCC(C)(OC(=O)C2CC3C=CC2C3)C1(F)F. The maximum absolute atomic E-state index is 15.0. The molecule has 2 fully saturated rings. The summed E-state index contributed by atoms with van der Waals surface area (Å²) in [6, 6.07) is 0. The van der Waals surface area contributed by atoms with Crippen LogP contribution in [0.4, 0.5) is 22.0 Å². The molecule has 2 aliphatic carbocycles. The smallest absolute Gasteiger partial charge is 0.450 e. The van der Waals surface area contributed by atoms with E-state index in [-0.39, 0.29) is 11.8 Å². The van der Waals surface area contributed by atoms with E-state index in [4.69, 9.17) is 4.74 Å². The minimum atomic E-state index is -5.51. The van der Waals surface area contributed by atoms with Crippen LogP contribution in [0, 0.1) is 23.7 Å². The highest BCUT2D eigenvalue weighted by Gasteiger charge is 2.84. The van der Waals surface area contributed by atoms with Gasteiger partial charge in [0.1, 0.15) is 0 Å². The Labute approximate surface area is 154 Å². The molecule has 0 amide bonds. The van der Waals surface area contributed by atoms with E-state index in [1.54, 1.807) is 0 Å². The van der Waals surface area contributed by atoms with E-state index in [0.717, 1.165) is 13.3 Å². The third kappa shape index (κ3) is 3.06. The third-order valence-corrected chi connectivity index (χ3v) is 5.53. The Morgan fingerprint density at radius 1 is 1.26 bits per heavy atom. The maximum Gasteiger partial charge on any atom is 0.450 e. The molecule has 2 bridgehead atoms. The monoisotopic (exact) mass is 398 g/mol. The summed E-state index contributed by atoms with van der Waals surface area (Å²) < 4.78 is 84.9. The number of allylic oxidation sites excluding steroid dienone is 2. The van der Waals surface area contributed by atoms with Crippen LogP contribution >= 0.6 is 0 Å². The number of hydrogen-bond donors (Lipinski definition) is 0. The number of alkyl halides is 5. The lowest BCUT2D eigenvalue weighted by Crippen LogP contribution is -2.65. The molecule has 5 atom stereocenters. The van der Waals surface area contributed by atoms with E-state index < -0.39 is 54.5 Å². The molecule has 4 nitrogen and oxygen atoms in total. The van der Waals surface area contributed by atoms with Crippen LogP contribution in [0.25, 0.3) is 0 Å². The second kappa shape index (κ2) is 6.40. The van der Waals surface area contributed by atoms with Crippen molar-refractivity contribution in [3.8, 4) is 0 Å². The van der Waals surface area contributed by atoms with Crippen LogP contribution in [0.2, 0.25) is 0 Å². The Balaban J connectivity index is 1.83. The number of ether oxygens (including phenoxy) is 3. The minimum Gasteiger partial charge on any atom is -0.450 e. The highest BCUT2D eigenvalue weighted by Crippen LogP contribution is 2.57. The largest absolute Gasteiger partial charge is 0.450 e. The van der Waals surface area contributed by atoms with E-state index in [1.165, 1.54) is 13.8 Å². The van der Waals surface area contributed by atoms with Crippen molar-refractivity contribution in [1.29, 1.82) is 0 Å². The van der Waals surface area contributed by atoms with Crippen LogP contribution in [-0.4, -0.2) is 42.7 Å². The molecular formula is C18H23F5O4. The van der Waals surface area contributed by atoms with Gasteiger partial charge in [0.05, 0.1) is 19.1 Å². The summed E-state index contributed by atoms with van der Waals surface area (Å²) in [5.74, 6) is -10.7. The van der Waals surface area contributed by atoms with Crippen molar-refractivity contribution in [2.75, 3.05) is 13.2 Å². The maximum atomic E-state index is 15.0. The molecule has 9 heteroatoms. The van der Waals surface area contributed by atoms with Gasteiger partial charge in [0.25, 0.3) is 0 Å². The van der Waals surface area contributed by atoms with Gasteiger partial charge in [0.2, 0.25) is 5.60 Å². The molecule has 1 aliphatic heterocycles. The number of halogens is 5.